The first-order valence-electron chi connectivity index (χ1n) is 7.97. The fourth-order valence-electron chi connectivity index (χ4n) is 2.35. The molecule has 0 saturated heterocycles. The lowest BCUT2D eigenvalue weighted by molar-refractivity contribution is -0.117. The van der Waals surface area contributed by atoms with E-state index in [9.17, 15) is 13.2 Å². The largest absolute Gasteiger partial charge is 0.399 e. The summed E-state index contributed by atoms with van der Waals surface area (Å²) in [5, 5.41) is 2.70. The van der Waals surface area contributed by atoms with E-state index in [2.05, 4.69) is 5.32 Å². The molecule has 0 heterocycles. The Morgan fingerprint density at radius 3 is 1.96 bits per heavy atom. The lowest BCUT2D eigenvalue weighted by atomic mass is 10.0. The molecule has 25 heavy (non-hydrogen) atoms. The summed E-state index contributed by atoms with van der Waals surface area (Å²) in [4.78, 5) is 12.3. The van der Waals surface area contributed by atoms with Crippen molar-refractivity contribution in [1.29, 1.82) is 0 Å². The standard InChI is InChI=1S/C18H23N3O3S/c1-12(2)11-17(20)18(22)21-14-5-9-16(10-6-14)25(23,24)15-7-3-13(19)4-8-15/h3-10,12,17H,11,19-20H2,1-2H3,(H,21,22)/t17-/m0/s1. The van der Waals surface area contributed by atoms with Gasteiger partial charge in [0.15, 0.2) is 0 Å². The Morgan fingerprint density at radius 2 is 1.48 bits per heavy atom. The summed E-state index contributed by atoms with van der Waals surface area (Å²) >= 11 is 0. The van der Waals surface area contributed by atoms with Crippen molar-refractivity contribution in [3.8, 4) is 0 Å². The van der Waals surface area contributed by atoms with Gasteiger partial charge in [-0.25, -0.2) is 8.42 Å². The van der Waals surface area contributed by atoms with Crippen LogP contribution in [0.4, 0.5) is 11.4 Å². The molecule has 0 spiro atoms. The van der Waals surface area contributed by atoms with Crippen molar-refractivity contribution in [1.82, 2.24) is 0 Å². The van der Waals surface area contributed by atoms with E-state index < -0.39 is 15.9 Å². The van der Waals surface area contributed by atoms with Crippen molar-refractivity contribution in [3.63, 3.8) is 0 Å². The predicted molar refractivity (Wildman–Crippen MR) is 98.8 cm³/mol. The van der Waals surface area contributed by atoms with E-state index in [1.807, 2.05) is 13.8 Å². The number of amides is 1. The quantitative estimate of drug-likeness (QED) is 0.683. The SMILES string of the molecule is CC(C)C[C@H](N)C(=O)Nc1ccc(S(=O)(=O)c2ccc(N)cc2)cc1. The molecule has 6 nitrogen and oxygen atoms in total. The van der Waals surface area contributed by atoms with E-state index >= 15 is 0 Å². The Balaban J connectivity index is 2.14. The number of hydrogen-bond donors (Lipinski definition) is 3. The molecule has 1 amide bonds. The van der Waals surface area contributed by atoms with Crippen LogP contribution >= 0.6 is 0 Å². The summed E-state index contributed by atoms with van der Waals surface area (Å²) in [5.74, 6) is 0.0241. The first kappa shape index (κ1) is 19.0. The second kappa shape index (κ2) is 7.67. The highest BCUT2D eigenvalue weighted by molar-refractivity contribution is 7.91. The van der Waals surface area contributed by atoms with Crippen LogP contribution in [0.25, 0.3) is 0 Å². The van der Waals surface area contributed by atoms with Crippen molar-refractivity contribution < 1.29 is 13.2 Å². The van der Waals surface area contributed by atoms with E-state index in [-0.39, 0.29) is 15.7 Å². The number of carbonyl (C=O) groups is 1. The fourth-order valence-corrected chi connectivity index (χ4v) is 3.61. The van der Waals surface area contributed by atoms with E-state index in [4.69, 9.17) is 11.5 Å². The van der Waals surface area contributed by atoms with Gasteiger partial charge >= 0.3 is 0 Å². The fraction of sp³-hybridized carbons (Fsp3) is 0.278. The van der Waals surface area contributed by atoms with Crippen LogP contribution in [0.1, 0.15) is 20.3 Å². The number of carbonyl (C=O) groups excluding carboxylic acids is 1. The van der Waals surface area contributed by atoms with Gasteiger partial charge in [0.1, 0.15) is 0 Å². The first-order chi connectivity index (χ1) is 11.7. The number of sulfone groups is 1. The van der Waals surface area contributed by atoms with E-state index in [1.165, 1.54) is 36.4 Å². The molecule has 0 aliphatic heterocycles. The van der Waals surface area contributed by atoms with Crippen LogP contribution in [0.3, 0.4) is 0 Å². The van der Waals surface area contributed by atoms with Crippen molar-refractivity contribution in [3.05, 3.63) is 48.5 Å². The Kier molecular flexibility index (Phi) is 5.81. The maximum absolute atomic E-state index is 12.6. The number of nitrogens with two attached hydrogens (primary N) is 2. The van der Waals surface area contributed by atoms with Crippen LogP contribution in [0.5, 0.6) is 0 Å². The Labute approximate surface area is 148 Å². The van der Waals surface area contributed by atoms with Crippen LogP contribution < -0.4 is 16.8 Å². The molecule has 0 aliphatic carbocycles. The van der Waals surface area contributed by atoms with Gasteiger partial charge in [0.2, 0.25) is 15.7 Å². The minimum absolute atomic E-state index is 0.141. The molecule has 1 atom stereocenters. The van der Waals surface area contributed by atoms with Gasteiger partial charge in [-0.05, 0) is 60.9 Å². The molecule has 134 valence electrons. The average molecular weight is 361 g/mol. The molecule has 0 aromatic heterocycles. The van der Waals surface area contributed by atoms with Gasteiger partial charge in [-0.3, -0.25) is 4.79 Å². The second-order valence-electron chi connectivity index (χ2n) is 6.32. The minimum atomic E-state index is -3.63. The zero-order valence-corrected chi connectivity index (χ0v) is 15.1. The molecule has 7 heteroatoms. The highest BCUT2D eigenvalue weighted by atomic mass is 32.2. The molecule has 0 saturated carbocycles. The van der Waals surface area contributed by atoms with Crippen LogP contribution in [-0.2, 0) is 14.6 Å². The van der Waals surface area contributed by atoms with Gasteiger partial charge in [0, 0.05) is 11.4 Å². The van der Waals surface area contributed by atoms with Gasteiger partial charge in [0.25, 0.3) is 0 Å². The number of rotatable bonds is 6. The lowest BCUT2D eigenvalue weighted by Crippen LogP contribution is -2.36. The van der Waals surface area contributed by atoms with Crippen molar-refractivity contribution in [2.24, 2.45) is 11.7 Å². The van der Waals surface area contributed by atoms with Crippen molar-refractivity contribution in [2.45, 2.75) is 36.1 Å². The van der Waals surface area contributed by atoms with Crippen LogP contribution in [0, 0.1) is 5.92 Å². The summed E-state index contributed by atoms with van der Waals surface area (Å²) in [6.07, 6.45) is 0.579. The molecule has 0 aliphatic rings. The third kappa shape index (κ3) is 4.80. The van der Waals surface area contributed by atoms with Gasteiger partial charge in [0.05, 0.1) is 15.8 Å². The number of anilines is 2. The van der Waals surface area contributed by atoms with Crippen molar-refractivity contribution in [2.75, 3.05) is 11.1 Å². The number of benzene rings is 2. The molecule has 2 aromatic rings. The zero-order valence-electron chi connectivity index (χ0n) is 14.3. The number of nitrogen functional groups attached to an aromatic ring is 1. The Morgan fingerprint density at radius 1 is 1.00 bits per heavy atom. The van der Waals surface area contributed by atoms with Crippen LogP contribution in [0.2, 0.25) is 0 Å². The Hall–Kier alpha value is -2.38. The van der Waals surface area contributed by atoms with Gasteiger partial charge in [-0.2, -0.15) is 0 Å². The number of hydrogen-bond acceptors (Lipinski definition) is 5. The average Bonchev–Trinajstić information content (AvgIpc) is 2.55. The molecule has 2 rings (SSSR count). The van der Waals surface area contributed by atoms with E-state index in [1.54, 1.807) is 12.1 Å². The minimum Gasteiger partial charge on any atom is -0.399 e. The molecular formula is C18H23N3O3S. The van der Waals surface area contributed by atoms with Gasteiger partial charge < -0.3 is 16.8 Å². The third-order valence-corrected chi connectivity index (χ3v) is 5.47. The smallest absolute Gasteiger partial charge is 0.241 e. The summed E-state index contributed by atoms with van der Waals surface area (Å²) in [6, 6.07) is 11.4. The molecule has 0 fully saturated rings. The Bertz CT molecular complexity index is 829. The topological polar surface area (TPSA) is 115 Å². The third-order valence-electron chi connectivity index (χ3n) is 3.68. The predicted octanol–water partition coefficient (Wildman–Crippen LogP) is 2.41. The zero-order chi connectivity index (χ0) is 18.6. The summed E-state index contributed by atoms with van der Waals surface area (Å²) in [5.41, 5.74) is 12.4. The summed E-state index contributed by atoms with van der Waals surface area (Å²) in [6.45, 7) is 3.98. The second-order valence-corrected chi connectivity index (χ2v) is 8.27. The molecule has 5 N–H and O–H groups in total. The number of nitrogens with one attached hydrogen (secondary N) is 1. The van der Waals surface area contributed by atoms with Gasteiger partial charge in [-0.15, -0.1) is 0 Å². The monoisotopic (exact) mass is 361 g/mol. The van der Waals surface area contributed by atoms with Crippen molar-refractivity contribution >= 4 is 27.1 Å². The molecular weight excluding hydrogens is 338 g/mol. The van der Waals surface area contributed by atoms with Crippen LogP contribution in [-0.4, -0.2) is 20.4 Å². The maximum Gasteiger partial charge on any atom is 0.241 e. The highest BCUT2D eigenvalue weighted by Gasteiger charge is 2.18. The normalized spacial score (nSPS) is 12.8. The summed E-state index contributed by atoms with van der Waals surface area (Å²) < 4.78 is 25.1. The van der Waals surface area contributed by atoms with Crippen LogP contribution in [0.15, 0.2) is 58.3 Å². The lowest BCUT2D eigenvalue weighted by Gasteiger charge is -2.14. The molecule has 0 bridgehead atoms. The molecule has 0 unspecified atom stereocenters. The highest BCUT2D eigenvalue weighted by Crippen LogP contribution is 2.23. The molecule has 2 aromatic carbocycles. The van der Waals surface area contributed by atoms with E-state index in [0.29, 0.717) is 23.7 Å². The van der Waals surface area contributed by atoms with E-state index in [0.717, 1.165) is 0 Å². The van der Waals surface area contributed by atoms with Gasteiger partial charge in [-0.1, -0.05) is 13.8 Å². The maximum atomic E-state index is 12.6. The summed E-state index contributed by atoms with van der Waals surface area (Å²) in [7, 11) is -3.63. The first-order valence-corrected chi connectivity index (χ1v) is 9.45. The molecule has 0 radical (unpaired) electrons.